The monoisotopic (exact) mass is 273 g/mol. The first-order valence-corrected chi connectivity index (χ1v) is 7.03. The van der Waals surface area contributed by atoms with Crippen LogP contribution in [0.5, 0.6) is 0 Å². The lowest BCUT2D eigenvalue weighted by Crippen LogP contribution is -2.40. The predicted molar refractivity (Wildman–Crippen MR) is 62.5 cm³/mol. The molecule has 2 heterocycles. The van der Waals surface area contributed by atoms with Crippen LogP contribution < -0.4 is 0 Å². The van der Waals surface area contributed by atoms with Crippen LogP contribution in [0.15, 0.2) is 11.1 Å². The number of carboxylic acids is 1. The van der Waals surface area contributed by atoms with E-state index in [1.165, 1.54) is 10.9 Å². The van der Waals surface area contributed by atoms with Gasteiger partial charge in [-0.25, -0.2) is 8.42 Å². The molecule has 1 N–H and O–H groups in total. The number of aryl methyl sites for hydroxylation is 2. The summed E-state index contributed by atoms with van der Waals surface area (Å²) in [7, 11) is -2.14. The van der Waals surface area contributed by atoms with Crippen LogP contribution in [0.1, 0.15) is 18.5 Å². The van der Waals surface area contributed by atoms with Gasteiger partial charge in [-0.05, 0) is 19.8 Å². The van der Waals surface area contributed by atoms with Crippen LogP contribution in [0.25, 0.3) is 0 Å². The van der Waals surface area contributed by atoms with Crippen molar-refractivity contribution in [3.8, 4) is 0 Å². The summed E-state index contributed by atoms with van der Waals surface area (Å²) in [4.78, 5) is 11.1. The Morgan fingerprint density at radius 2 is 2.22 bits per heavy atom. The topological polar surface area (TPSA) is 92.5 Å². The van der Waals surface area contributed by atoms with Crippen molar-refractivity contribution in [1.29, 1.82) is 0 Å². The molecular weight excluding hydrogens is 258 g/mol. The van der Waals surface area contributed by atoms with Gasteiger partial charge in [-0.2, -0.15) is 9.40 Å². The van der Waals surface area contributed by atoms with Crippen LogP contribution in [0.4, 0.5) is 0 Å². The summed E-state index contributed by atoms with van der Waals surface area (Å²) < 4.78 is 27.3. The molecule has 1 unspecified atom stereocenters. The summed E-state index contributed by atoms with van der Waals surface area (Å²) in [6.07, 6.45) is 2.32. The molecule has 0 bridgehead atoms. The Kier molecular flexibility index (Phi) is 3.16. The van der Waals surface area contributed by atoms with Crippen molar-refractivity contribution < 1.29 is 18.3 Å². The molecule has 0 spiro atoms. The fraction of sp³-hybridized carbons (Fsp3) is 0.600. The first kappa shape index (κ1) is 13.0. The van der Waals surface area contributed by atoms with Crippen molar-refractivity contribution in [3.05, 3.63) is 11.9 Å². The van der Waals surface area contributed by atoms with E-state index in [-0.39, 0.29) is 11.4 Å². The molecule has 1 fully saturated rings. The van der Waals surface area contributed by atoms with E-state index in [2.05, 4.69) is 5.10 Å². The molecule has 7 nitrogen and oxygen atoms in total. The normalized spacial score (nSPS) is 21.3. The van der Waals surface area contributed by atoms with E-state index in [9.17, 15) is 13.2 Å². The molecular formula is C10H15N3O4S. The van der Waals surface area contributed by atoms with Crippen molar-refractivity contribution in [2.24, 2.45) is 7.05 Å². The Morgan fingerprint density at radius 1 is 1.56 bits per heavy atom. The summed E-state index contributed by atoms with van der Waals surface area (Å²) in [6.45, 7) is 1.84. The van der Waals surface area contributed by atoms with Gasteiger partial charge in [0.25, 0.3) is 0 Å². The fourth-order valence-corrected chi connectivity index (χ4v) is 4.08. The van der Waals surface area contributed by atoms with Crippen molar-refractivity contribution in [2.45, 2.75) is 30.7 Å². The lowest BCUT2D eigenvalue weighted by atomic mass is 10.2. The molecule has 100 valence electrons. The van der Waals surface area contributed by atoms with E-state index < -0.39 is 22.0 Å². The second-order valence-electron chi connectivity index (χ2n) is 4.36. The molecule has 1 aliphatic heterocycles. The number of carboxylic acid groups (broad SMARTS) is 1. The number of sulfonamides is 1. The first-order chi connectivity index (χ1) is 8.34. The summed E-state index contributed by atoms with van der Waals surface area (Å²) in [5.74, 6) is -1.10. The van der Waals surface area contributed by atoms with Crippen LogP contribution in [-0.4, -0.2) is 46.2 Å². The number of aliphatic carboxylic acids is 1. The van der Waals surface area contributed by atoms with Crippen molar-refractivity contribution >= 4 is 16.0 Å². The maximum absolute atomic E-state index is 12.4. The maximum atomic E-state index is 12.4. The van der Waals surface area contributed by atoms with Crippen LogP contribution in [0.3, 0.4) is 0 Å². The van der Waals surface area contributed by atoms with E-state index in [0.29, 0.717) is 18.5 Å². The third-order valence-corrected chi connectivity index (χ3v) is 5.05. The van der Waals surface area contributed by atoms with E-state index in [4.69, 9.17) is 5.11 Å². The average Bonchev–Trinajstić information content (AvgIpc) is 2.84. The molecule has 0 aliphatic carbocycles. The zero-order valence-corrected chi connectivity index (χ0v) is 11.0. The number of nitrogens with zero attached hydrogens (tertiary/aromatic N) is 3. The van der Waals surface area contributed by atoms with Gasteiger partial charge in [0.2, 0.25) is 10.0 Å². The van der Waals surface area contributed by atoms with Crippen molar-refractivity contribution in [2.75, 3.05) is 6.54 Å². The summed E-state index contributed by atoms with van der Waals surface area (Å²) in [6, 6.07) is -0.963. The molecule has 1 saturated heterocycles. The van der Waals surface area contributed by atoms with E-state index in [1.54, 1.807) is 14.0 Å². The molecule has 2 rings (SSSR count). The first-order valence-electron chi connectivity index (χ1n) is 5.59. The highest BCUT2D eigenvalue weighted by Crippen LogP contribution is 2.27. The van der Waals surface area contributed by atoms with Crippen molar-refractivity contribution in [1.82, 2.24) is 14.1 Å². The van der Waals surface area contributed by atoms with Crippen molar-refractivity contribution in [3.63, 3.8) is 0 Å². The smallest absolute Gasteiger partial charge is 0.322 e. The van der Waals surface area contributed by atoms with Crippen LogP contribution in [0.2, 0.25) is 0 Å². The highest BCUT2D eigenvalue weighted by molar-refractivity contribution is 7.89. The molecule has 18 heavy (non-hydrogen) atoms. The molecule has 8 heteroatoms. The minimum Gasteiger partial charge on any atom is -0.480 e. The van der Waals surface area contributed by atoms with Crippen LogP contribution in [-0.2, 0) is 21.9 Å². The Balaban J connectivity index is 2.43. The highest BCUT2D eigenvalue weighted by Gasteiger charge is 2.40. The van der Waals surface area contributed by atoms with Crippen LogP contribution >= 0.6 is 0 Å². The van der Waals surface area contributed by atoms with E-state index in [1.807, 2.05) is 0 Å². The molecule has 1 aromatic heterocycles. The fourth-order valence-electron chi connectivity index (χ4n) is 2.23. The van der Waals surface area contributed by atoms with Gasteiger partial charge in [0.05, 0.1) is 5.69 Å². The second kappa shape index (κ2) is 4.36. The van der Waals surface area contributed by atoms with E-state index >= 15 is 0 Å². The largest absolute Gasteiger partial charge is 0.480 e. The zero-order valence-electron chi connectivity index (χ0n) is 10.2. The number of carbonyl (C=O) groups is 1. The van der Waals surface area contributed by atoms with Gasteiger partial charge in [-0.3, -0.25) is 9.48 Å². The SMILES string of the molecule is Cc1nn(C)cc1S(=O)(=O)N1CCCC1C(=O)O. The minimum absolute atomic E-state index is 0.0816. The molecule has 0 saturated carbocycles. The summed E-state index contributed by atoms with van der Waals surface area (Å²) in [5.41, 5.74) is 0.383. The standard InChI is InChI=1S/C10H15N3O4S/c1-7-9(6-12(2)11-7)18(16,17)13-5-3-4-8(13)10(14)15/h6,8H,3-5H2,1-2H3,(H,14,15). The number of hydrogen-bond donors (Lipinski definition) is 1. The number of rotatable bonds is 3. The average molecular weight is 273 g/mol. The molecule has 0 radical (unpaired) electrons. The van der Waals surface area contributed by atoms with Gasteiger partial charge in [0.15, 0.2) is 0 Å². The lowest BCUT2D eigenvalue weighted by Gasteiger charge is -2.20. The molecule has 1 aliphatic rings. The van der Waals surface area contributed by atoms with Gasteiger partial charge in [0.1, 0.15) is 10.9 Å². The lowest BCUT2D eigenvalue weighted by molar-refractivity contribution is -0.140. The molecule has 0 amide bonds. The van der Waals surface area contributed by atoms with Gasteiger partial charge < -0.3 is 5.11 Å². The zero-order chi connectivity index (χ0) is 13.5. The Labute approximate surface area is 105 Å². The van der Waals surface area contributed by atoms with Gasteiger partial charge in [-0.1, -0.05) is 0 Å². The minimum atomic E-state index is -3.77. The van der Waals surface area contributed by atoms with Gasteiger partial charge in [0, 0.05) is 19.8 Å². The third kappa shape index (κ3) is 2.01. The van der Waals surface area contributed by atoms with Crippen LogP contribution in [0, 0.1) is 6.92 Å². The molecule has 1 aromatic rings. The Hall–Kier alpha value is -1.41. The maximum Gasteiger partial charge on any atom is 0.322 e. The number of aromatic nitrogens is 2. The second-order valence-corrected chi connectivity index (χ2v) is 6.22. The Bertz CT molecular complexity index is 578. The summed E-state index contributed by atoms with van der Waals surface area (Å²) >= 11 is 0. The highest BCUT2D eigenvalue weighted by atomic mass is 32.2. The third-order valence-electron chi connectivity index (χ3n) is 3.04. The molecule has 0 aromatic carbocycles. The predicted octanol–water partition coefficient (Wildman–Crippen LogP) is -0.0338. The van der Waals surface area contributed by atoms with Gasteiger partial charge in [-0.15, -0.1) is 0 Å². The quantitative estimate of drug-likeness (QED) is 0.834. The molecule has 1 atom stereocenters. The van der Waals surface area contributed by atoms with Gasteiger partial charge >= 0.3 is 5.97 Å². The van der Waals surface area contributed by atoms with E-state index in [0.717, 1.165) is 4.31 Å². The summed E-state index contributed by atoms with van der Waals surface area (Å²) in [5, 5.41) is 13.0. The Morgan fingerprint density at radius 3 is 2.72 bits per heavy atom. The number of hydrogen-bond acceptors (Lipinski definition) is 4.